The van der Waals surface area contributed by atoms with Crippen LogP contribution in [0.3, 0.4) is 0 Å². The van der Waals surface area contributed by atoms with E-state index >= 15 is 0 Å². The molecular weight excluding hydrogens is 254 g/mol. The number of rotatable bonds is 8. The highest BCUT2D eigenvalue weighted by atomic mass is 16.5. The van der Waals surface area contributed by atoms with Crippen molar-refractivity contribution in [1.29, 1.82) is 0 Å². The topological polar surface area (TPSA) is 47.6 Å². The Kier molecular flexibility index (Phi) is 6.91. The third-order valence-electron chi connectivity index (χ3n) is 3.26. The predicted molar refractivity (Wildman–Crippen MR) is 80.4 cm³/mol. The summed E-state index contributed by atoms with van der Waals surface area (Å²) < 4.78 is 10.7. The van der Waals surface area contributed by atoms with Crippen molar-refractivity contribution in [2.75, 3.05) is 14.2 Å². The summed E-state index contributed by atoms with van der Waals surface area (Å²) >= 11 is 0. The molecule has 0 aliphatic heterocycles. The van der Waals surface area contributed by atoms with Crippen LogP contribution in [-0.4, -0.2) is 26.2 Å². The Morgan fingerprint density at radius 2 is 1.85 bits per heavy atom. The van der Waals surface area contributed by atoms with Crippen molar-refractivity contribution >= 4 is 5.91 Å². The van der Waals surface area contributed by atoms with E-state index in [4.69, 9.17) is 9.47 Å². The fourth-order valence-corrected chi connectivity index (χ4v) is 2.27. The van der Waals surface area contributed by atoms with Gasteiger partial charge in [0.25, 0.3) is 0 Å². The number of nitrogens with one attached hydrogen (secondary N) is 1. The normalized spacial score (nSPS) is 11.8. The second-order valence-corrected chi connectivity index (χ2v) is 4.90. The molecule has 0 unspecified atom stereocenters. The van der Waals surface area contributed by atoms with Crippen molar-refractivity contribution in [3.63, 3.8) is 0 Å². The van der Waals surface area contributed by atoms with Crippen LogP contribution in [0.4, 0.5) is 0 Å². The molecule has 1 amide bonds. The van der Waals surface area contributed by atoms with E-state index in [0.29, 0.717) is 12.8 Å². The lowest BCUT2D eigenvalue weighted by molar-refractivity contribution is -0.121. The molecule has 112 valence electrons. The van der Waals surface area contributed by atoms with Gasteiger partial charge in [-0.05, 0) is 31.9 Å². The Morgan fingerprint density at radius 1 is 1.25 bits per heavy atom. The summed E-state index contributed by atoms with van der Waals surface area (Å²) in [5.74, 6) is 1.59. The Morgan fingerprint density at radius 3 is 2.35 bits per heavy atom. The summed E-state index contributed by atoms with van der Waals surface area (Å²) in [5, 5.41) is 3.01. The molecule has 0 aromatic heterocycles. The fraction of sp³-hybridized carbons (Fsp3) is 0.562. The number of ether oxygens (including phenoxy) is 2. The second kappa shape index (κ2) is 8.46. The zero-order valence-corrected chi connectivity index (χ0v) is 12.9. The molecule has 0 spiro atoms. The van der Waals surface area contributed by atoms with Gasteiger partial charge in [-0.1, -0.05) is 19.4 Å². The molecule has 1 aromatic rings. The molecule has 0 radical (unpaired) electrons. The van der Waals surface area contributed by atoms with Gasteiger partial charge in [0.1, 0.15) is 11.5 Å². The van der Waals surface area contributed by atoms with Crippen LogP contribution >= 0.6 is 0 Å². The molecule has 20 heavy (non-hydrogen) atoms. The molecule has 1 rings (SSSR count). The summed E-state index contributed by atoms with van der Waals surface area (Å²) in [4.78, 5) is 11.9. The fourth-order valence-electron chi connectivity index (χ4n) is 2.27. The first kappa shape index (κ1) is 16.3. The van der Waals surface area contributed by atoms with Crippen LogP contribution in [0.25, 0.3) is 0 Å². The van der Waals surface area contributed by atoms with Gasteiger partial charge in [-0.2, -0.15) is 0 Å². The molecule has 1 N–H and O–H groups in total. The Hall–Kier alpha value is -1.71. The van der Waals surface area contributed by atoms with E-state index in [-0.39, 0.29) is 11.9 Å². The first-order valence-electron chi connectivity index (χ1n) is 7.11. The van der Waals surface area contributed by atoms with Gasteiger partial charge in [0, 0.05) is 18.0 Å². The van der Waals surface area contributed by atoms with E-state index < -0.39 is 0 Å². The van der Waals surface area contributed by atoms with Gasteiger partial charge in [0.05, 0.1) is 14.2 Å². The number of hydrogen-bond donors (Lipinski definition) is 1. The van der Waals surface area contributed by atoms with Gasteiger partial charge >= 0.3 is 0 Å². The van der Waals surface area contributed by atoms with Gasteiger partial charge in [-0.3, -0.25) is 4.79 Å². The van der Waals surface area contributed by atoms with Crippen LogP contribution in [0.5, 0.6) is 11.5 Å². The molecule has 0 saturated carbocycles. The van der Waals surface area contributed by atoms with Gasteiger partial charge in [-0.15, -0.1) is 0 Å². The van der Waals surface area contributed by atoms with E-state index in [1.165, 1.54) is 0 Å². The number of carbonyl (C=O) groups is 1. The Bertz CT molecular complexity index is 409. The highest BCUT2D eigenvalue weighted by Gasteiger charge is 2.12. The van der Waals surface area contributed by atoms with Crippen molar-refractivity contribution in [3.8, 4) is 11.5 Å². The lowest BCUT2D eigenvalue weighted by Crippen LogP contribution is -2.32. The number of hydrogen-bond acceptors (Lipinski definition) is 3. The van der Waals surface area contributed by atoms with E-state index in [1.807, 2.05) is 25.1 Å². The van der Waals surface area contributed by atoms with Gasteiger partial charge in [-0.25, -0.2) is 0 Å². The van der Waals surface area contributed by atoms with Crippen LogP contribution in [0.1, 0.15) is 38.7 Å². The molecule has 4 nitrogen and oxygen atoms in total. The monoisotopic (exact) mass is 279 g/mol. The summed E-state index contributed by atoms with van der Waals surface area (Å²) in [6.07, 6.45) is 3.12. The van der Waals surface area contributed by atoms with Crippen LogP contribution < -0.4 is 14.8 Å². The highest BCUT2D eigenvalue weighted by molar-refractivity contribution is 5.76. The molecule has 1 atom stereocenters. The average Bonchev–Trinajstić information content (AvgIpc) is 2.44. The lowest BCUT2D eigenvalue weighted by atomic mass is 10.1. The van der Waals surface area contributed by atoms with Crippen LogP contribution in [-0.2, 0) is 11.2 Å². The summed E-state index contributed by atoms with van der Waals surface area (Å²) in [6, 6.07) is 5.88. The molecule has 0 aliphatic rings. The Balaban J connectivity index is 2.63. The van der Waals surface area contributed by atoms with E-state index in [9.17, 15) is 4.79 Å². The number of benzene rings is 1. The standard InChI is InChI=1S/C16H25NO3/c1-5-7-12(2)17-16(18)11-10-13-14(19-3)8-6-9-15(13)20-4/h6,8-9,12H,5,7,10-11H2,1-4H3,(H,17,18)/t12-/m0/s1. The number of methoxy groups -OCH3 is 2. The molecule has 0 aliphatic carbocycles. The zero-order chi connectivity index (χ0) is 15.0. The molecule has 0 saturated heterocycles. The first-order chi connectivity index (χ1) is 9.62. The van der Waals surface area contributed by atoms with Crippen molar-refractivity contribution in [2.45, 2.75) is 45.6 Å². The molecule has 0 heterocycles. The van der Waals surface area contributed by atoms with Gasteiger partial charge in [0.15, 0.2) is 0 Å². The molecule has 4 heteroatoms. The molecule has 1 aromatic carbocycles. The van der Waals surface area contributed by atoms with Crippen molar-refractivity contribution in [3.05, 3.63) is 23.8 Å². The zero-order valence-electron chi connectivity index (χ0n) is 12.9. The van der Waals surface area contributed by atoms with E-state index in [2.05, 4.69) is 12.2 Å². The number of amides is 1. The quantitative estimate of drug-likeness (QED) is 0.796. The summed E-state index contributed by atoms with van der Waals surface area (Å²) in [6.45, 7) is 4.15. The van der Waals surface area contributed by atoms with Crippen molar-refractivity contribution in [1.82, 2.24) is 5.32 Å². The second-order valence-electron chi connectivity index (χ2n) is 4.90. The smallest absolute Gasteiger partial charge is 0.220 e. The number of carbonyl (C=O) groups excluding carboxylic acids is 1. The van der Waals surface area contributed by atoms with E-state index in [1.54, 1.807) is 14.2 Å². The first-order valence-corrected chi connectivity index (χ1v) is 7.11. The predicted octanol–water partition coefficient (Wildman–Crippen LogP) is 2.94. The lowest BCUT2D eigenvalue weighted by Gasteiger charge is -2.15. The minimum atomic E-state index is 0.0684. The minimum Gasteiger partial charge on any atom is -0.496 e. The summed E-state index contributed by atoms with van der Waals surface area (Å²) in [7, 11) is 3.25. The third kappa shape index (κ3) is 4.76. The van der Waals surface area contributed by atoms with Gasteiger partial charge < -0.3 is 14.8 Å². The summed E-state index contributed by atoms with van der Waals surface area (Å²) in [5.41, 5.74) is 0.941. The maximum absolute atomic E-state index is 11.9. The maximum Gasteiger partial charge on any atom is 0.220 e. The van der Waals surface area contributed by atoms with Crippen LogP contribution in [0.15, 0.2) is 18.2 Å². The largest absolute Gasteiger partial charge is 0.496 e. The maximum atomic E-state index is 11.9. The van der Waals surface area contributed by atoms with E-state index in [0.717, 1.165) is 29.9 Å². The molecule has 0 bridgehead atoms. The van der Waals surface area contributed by atoms with Crippen molar-refractivity contribution < 1.29 is 14.3 Å². The molecule has 0 fully saturated rings. The third-order valence-corrected chi connectivity index (χ3v) is 3.26. The van der Waals surface area contributed by atoms with Crippen LogP contribution in [0, 0.1) is 0 Å². The SMILES string of the molecule is CCC[C@H](C)NC(=O)CCc1c(OC)cccc1OC. The minimum absolute atomic E-state index is 0.0684. The van der Waals surface area contributed by atoms with Crippen LogP contribution in [0.2, 0.25) is 0 Å². The molecular formula is C16H25NO3. The highest BCUT2D eigenvalue weighted by Crippen LogP contribution is 2.29. The Labute approximate surface area is 121 Å². The van der Waals surface area contributed by atoms with Gasteiger partial charge in [0.2, 0.25) is 5.91 Å². The van der Waals surface area contributed by atoms with Crippen molar-refractivity contribution in [2.24, 2.45) is 0 Å². The average molecular weight is 279 g/mol.